The van der Waals surface area contributed by atoms with Gasteiger partial charge in [0.1, 0.15) is 11.3 Å². The van der Waals surface area contributed by atoms with E-state index in [2.05, 4.69) is 43.5 Å². The average Bonchev–Trinajstić information content (AvgIpc) is 3.50. The van der Waals surface area contributed by atoms with E-state index in [9.17, 15) is 9.90 Å². The van der Waals surface area contributed by atoms with Crippen LogP contribution in [0.25, 0.3) is 17.0 Å². The van der Waals surface area contributed by atoms with Crippen LogP contribution in [0.4, 0.5) is 0 Å². The number of aliphatic hydroxyl groups excluding tert-OH is 1. The zero-order chi connectivity index (χ0) is 23.7. The summed E-state index contributed by atoms with van der Waals surface area (Å²) in [5.41, 5.74) is 4.36. The Morgan fingerprint density at radius 1 is 1.15 bits per heavy atom. The Bertz CT molecular complexity index is 1310. The van der Waals surface area contributed by atoms with Crippen molar-refractivity contribution < 1.29 is 14.4 Å². The maximum Gasteiger partial charge on any atom is 0.271 e. The van der Waals surface area contributed by atoms with E-state index < -0.39 is 6.10 Å². The van der Waals surface area contributed by atoms with Crippen molar-refractivity contribution in [1.82, 2.24) is 29.7 Å². The van der Waals surface area contributed by atoms with E-state index in [1.807, 2.05) is 32.2 Å². The van der Waals surface area contributed by atoms with Gasteiger partial charge in [0, 0.05) is 50.1 Å². The lowest BCUT2D eigenvalue weighted by Gasteiger charge is -2.30. The van der Waals surface area contributed by atoms with Crippen LogP contribution in [0, 0.1) is 0 Å². The highest BCUT2D eigenvalue weighted by atomic mass is 16.5. The minimum Gasteiger partial charge on any atom is -0.390 e. The fourth-order valence-corrected chi connectivity index (χ4v) is 4.19. The second kappa shape index (κ2) is 9.36. The number of aromatic nitrogens is 4. The molecule has 0 aliphatic carbocycles. The predicted octanol–water partition coefficient (Wildman–Crippen LogP) is 2.66. The fraction of sp³-hybridized carbons (Fsp3) is 0.360. The summed E-state index contributed by atoms with van der Waals surface area (Å²) in [6.07, 6.45) is 3.79. The minimum atomic E-state index is -0.661. The number of carbonyl (C=O) groups is 1. The number of β-amino-alcohol motifs (C(OH)–C–C–N with tert-alkyl or cyclic N) is 1. The lowest BCUT2D eigenvalue weighted by atomic mass is 10.00. The fourth-order valence-electron chi connectivity index (χ4n) is 4.19. The van der Waals surface area contributed by atoms with Crippen LogP contribution in [0.2, 0.25) is 0 Å². The highest BCUT2D eigenvalue weighted by molar-refractivity contribution is 5.92. The average molecular weight is 461 g/mol. The number of aliphatic hydroxyl groups is 1. The van der Waals surface area contributed by atoms with Crippen molar-refractivity contribution in [2.45, 2.75) is 38.8 Å². The van der Waals surface area contributed by atoms with Crippen molar-refractivity contribution in [3.63, 3.8) is 0 Å². The number of imidazole rings is 1. The molecule has 4 aromatic rings. The summed E-state index contributed by atoms with van der Waals surface area (Å²) in [4.78, 5) is 23.7. The molecule has 0 bridgehead atoms. The van der Waals surface area contributed by atoms with Gasteiger partial charge in [0.05, 0.1) is 6.10 Å². The van der Waals surface area contributed by atoms with Crippen molar-refractivity contribution in [1.29, 1.82) is 0 Å². The van der Waals surface area contributed by atoms with Crippen molar-refractivity contribution >= 4 is 11.6 Å². The molecule has 4 heterocycles. The Morgan fingerprint density at radius 3 is 2.76 bits per heavy atom. The summed E-state index contributed by atoms with van der Waals surface area (Å²) in [7, 11) is 0. The Morgan fingerprint density at radius 2 is 1.97 bits per heavy atom. The summed E-state index contributed by atoms with van der Waals surface area (Å²) in [5.74, 6) is 0.895. The number of pyridine rings is 1. The minimum absolute atomic E-state index is 0.148. The van der Waals surface area contributed by atoms with Gasteiger partial charge in [-0.2, -0.15) is 4.98 Å². The first-order valence-electron chi connectivity index (χ1n) is 11.5. The Labute approximate surface area is 197 Å². The lowest BCUT2D eigenvalue weighted by molar-refractivity contribution is 0.0838. The summed E-state index contributed by atoms with van der Waals surface area (Å²) in [6, 6.07) is 12.0. The summed E-state index contributed by atoms with van der Waals surface area (Å²) in [6.45, 7) is 6.36. The molecule has 0 radical (unpaired) electrons. The number of rotatable bonds is 7. The van der Waals surface area contributed by atoms with E-state index >= 15 is 0 Å². The highest BCUT2D eigenvalue weighted by Crippen LogP contribution is 2.21. The number of benzene rings is 1. The molecular weight excluding hydrogens is 432 g/mol. The number of amides is 1. The van der Waals surface area contributed by atoms with Crippen LogP contribution < -0.4 is 5.32 Å². The zero-order valence-corrected chi connectivity index (χ0v) is 19.3. The van der Waals surface area contributed by atoms with Crippen molar-refractivity contribution in [2.75, 3.05) is 19.6 Å². The SMILES string of the molecule is CC(C)c1nc(-c2ccc3nc(C(=O)NC[C@H](O)CN4CCc5ccccc5C4)cn3c2)no1. The molecule has 34 heavy (non-hydrogen) atoms. The summed E-state index contributed by atoms with van der Waals surface area (Å²) >= 11 is 0. The molecule has 0 saturated heterocycles. The molecule has 0 spiro atoms. The van der Waals surface area contributed by atoms with E-state index in [1.165, 1.54) is 11.1 Å². The molecule has 5 rings (SSSR count). The maximum atomic E-state index is 12.7. The molecule has 0 unspecified atom stereocenters. The first kappa shape index (κ1) is 22.2. The first-order valence-corrected chi connectivity index (χ1v) is 11.5. The number of hydrogen-bond donors (Lipinski definition) is 2. The van der Waals surface area contributed by atoms with Crippen LogP contribution in [0.1, 0.15) is 47.3 Å². The second-order valence-electron chi connectivity index (χ2n) is 9.04. The molecule has 1 aromatic carbocycles. The van der Waals surface area contributed by atoms with Crippen LogP contribution in [-0.4, -0.2) is 61.2 Å². The van der Waals surface area contributed by atoms with E-state index in [0.29, 0.717) is 23.9 Å². The van der Waals surface area contributed by atoms with Gasteiger partial charge in [0.2, 0.25) is 11.7 Å². The Balaban J connectivity index is 1.19. The van der Waals surface area contributed by atoms with Gasteiger partial charge in [0.25, 0.3) is 5.91 Å². The molecule has 176 valence electrons. The molecule has 1 aliphatic rings. The van der Waals surface area contributed by atoms with Crippen LogP contribution in [0.3, 0.4) is 0 Å². The third-order valence-corrected chi connectivity index (χ3v) is 6.05. The van der Waals surface area contributed by atoms with Gasteiger partial charge < -0.3 is 19.3 Å². The summed E-state index contributed by atoms with van der Waals surface area (Å²) < 4.78 is 7.05. The van der Waals surface area contributed by atoms with Gasteiger partial charge in [-0.15, -0.1) is 0 Å². The molecule has 1 atom stereocenters. The van der Waals surface area contributed by atoms with E-state index in [4.69, 9.17) is 4.52 Å². The number of hydrogen-bond acceptors (Lipinski definition) is 7. The van der Waals surface area contributed by atoms with Crippen LogP contribution in [-0.2, 0) is 13.0 Å². The van der Waals surface area contributed by atoms with Gasteiger partial charge >= 0.3 is 0 Å². The molecule has 0 fully saturated rings. The van der Waals surface area contributed by atoms with Gasteiger partial charge in [-0.05, 0) is 29.7 Å². The van der Waals surface area contributed by atoms with Gasteiger partial charge in [-0.3, -0.25) is 9.69 Å². The smallest absolute Gasteiger partial charge is 0.271 e. The van der Waals surface area contributed by atoms with Gasteiger partial charge in [-0.25, -0.2) is 4.98 Å². The molecule has 9 heteroatoms. The number of nitrogens with one attached hydrogen (secondary N) is 1. The monoisotopic (exact) mass is 460 g/mol. The lowest BCUT2D eigenvalue weighted by Crippen LogP contribution is -2.42. The molecule has 0 saturated carbocycles. The molecule has 3 aromatic heterocycles. The zero-order valence-electron chi connectivity index (χ0n) is 19.3. The Hall–Kier alpha value is -3.56. The first-order chi connectivity index (χ1) is 16.5. The molecule has 9 nitrogen and oxygen atoms in total. The third-order valence-electron chi connectivity index (χ3n) is 6.05. The van der Waals surface area contributed by atoms with Crippen molar-refractivity contribution in [3.05, 3.63) is 71.5 Å². The predicted molar refractivity (Wildman–Crippen MR) is 126 cm³/mol. The van der Waals surface area contributed by atoms with E-state index in [-0.39, 0.29) is 24.1 Å². The molecule has 2 N–H and O–H groups in total. The quantitative estimate of drug-likeness (QED) is 0.436. The second-order valence-corrected chi connectivity index (χ2v) is 9.04. The van der Waals surface area contributed by atoms with Gasteiger partial charge in [-0.1, -0.05) is 43.3 Å². The van der Waals surface area contributed by atoms with Crippen LogP contribution in [0.5, 0.6) is 0 Å². The van der Waals surface area contributed by atoms with E-state index in [0.717, 1.165) is 25.1 Å². The highest BCUT2D eigenvalue weighted by Gasteiger charge is 2.20. The largest absolute Gasteiger partial charge is 0.390 e. The number of fused-ring (bicyclic) bond motifs is 2. The normalized spacial score (nSPS) is 14.9. The molecule has 1 amide bonds. The summed E-state index contributed by atoms with van der Waals surface area (Å²) in [5, 5.41) is 17.3. The Kier molecular flexibility index (Phi) is 6.12. The van der Waals surface area contributed by atoms with Crippen molar-refractivity contribution in [2.24, 2.45) is 0 Å². The van der Waals surface area contributed by atoms with E-state index in [1.54, 1.807) is 16.7 Å². The molecule has 1 aliphatic heterocycles. The molecular formula is C25H28N6O3. The maximum absolute atomic E-state index is 12.7. The number of carbonyl (C=O) groups excluding carboxylic acids is 1. The third kappa shape index (κ3) is 4.71. The number of nitrogens with zero attached hydrogens (tertiary/aromatic N) is 5. The van der Waals surface area contributed by atoms with Gasteiger partial charge in [0.15, 0.2) is 0 Å². The van der Waals surface area contributed by atoms with Crippen LogP contribution in [0.15, 0.2) is 53.3 Å². The topological polar surface area (TPSA) is 109 Å². The standard InChI is InChI=1S/C25H28N6O3/c1-16(2)25-28-23(29-34-25)19-7-8-22-27-21(15-31(22)13-19)24(33)26-11-20(32)14-30-10-9-17-5-3-4-6-18(17)12-30/h3-8,13,15-16,20,32H,9-12,14H2,1-2H3,(H,26,33)/t20-/m0/s1. The van der Waals surface area contributed by atoms with Crippen LogP contribution >= 0.6 is 0 Å². The van der Waals surface area contributed by atoms with Crippen molar-refractivity contribution in [3.8, 4) is 11.4 Å².